The number of carbonyl (C=O) groups excluding carboxylic acids is 2. The van der Waals surface area contributed by atoms with Gasteiger partial charge in [0.1, 0.15) is 11.6 Å². The molecule has 0 fully saturated rings. The number of nitriles is 1. The van der Waals surface area contributed by atoms with Crippen LogP contribution in [0.15, 0.2) is 54.1 Å². The first kappa shape index (κ1) is 19.9. The Kier molecular flexibility index (Phi) is 5.51. The molecule has 2 aromatic carbocycles. The van der Waals surface area contributed by atoms with E-state index in [1.165, 1.54) is 13.0 Å². The first-order valence-corrected chi connectivity index (χ1v) is 9.12. The van der Waals surface area contributed by atoms with Gasteiger partial charge in [0.2, 0.25) is 0 Å². The second kappa shape index (κ2) is 8.03. The molecule has 0 spiro atoms. The minimum Gasteiger partial charge on any atom is -0.448 e. The summed E-state index contributed by atoms with van der Waals surface area (Å²) in [5, 5.41) is 11.6. The van der Waals surface area contributed by atoms with E-state index in [-0.39, 0.29) is 5.57 Å². The number of primary amides is 1. The number of benzene rings is 2. The lowest BCUT2D eigenvalue weighted by molar-refractivity contribution is -0.149. The Bertz CT molecular complexity index is 1180. The van der Waals surface area contributed by atoms with Crippen LogP contribution in [0.5, 0.6) is 0 Å². The van der Waals surface area contributed by atoms with Crippen molar-refractivity contribution in [2.75, 3.05) is 0 Å². The number of nitrogens with two attached hydrogens (primary N) is 1. The van der Waals surface area contributed by atoms with Crippen LogP contribution in [0.1, 0.15) is 23.9 Å². The van der Waals surface area contributed by atoms with Gasteiger partial charge in [-0.1, -0.05) is 36.4 Å². The summed E-state index contributed by atoms with van der Waals surface area (Å²) in [4.78, 5) is 23.3. The van der Waals surface area contributed by atoms with Gasteiger partial charge in [-0.3, -0.25) is 4.79 Å². The van der Waals surface area contributed by atoms with E-state index in [1.807, 2.05) is 50.2 Å². The van der Waals surface area contributed by atoms with Crippen molar-refractivity contribution in [3.63, 3.8) is 0 Å². The van der Waals surface area contributed by atoms with Gasteiger partial charge in [-0.25, -0.2) is 4.79 Å². The van der Waals surface area contributed by atoms with Crippen LogP contribution in [0, 0.1) is 25.2 Å². The SMILES string of the molecule is Cc1cc(/C=C(/C#N)C(=O)OC(C)C(N)=O)c(C)n1-c1cccc2ccccc12. The van der Waals surface area contributed by atoms with Gasteiger partial charge in [0.05, 0.1) is 5.69 Å². The maximum absolute atomic E-state index is 12.2. The average molecular weight is 387 g/mol. The predicted molar refractivity (Wildman–Crippen MR) is 111 cm³/mol. The van der Waals surface area contributed by atoms with Crippen LogP contribution < -0.4 is 5.73 Å². The Balaban J connectivity index is 2.05. The van der Waals surface area contributed by atoms with Crippen molar-refractivity contribution in [1.29, 1.82) is 5.26 Å². The average Bonchev–Trinajstić information content (AvgIpc) is 2.98. The number of rotatable bonds is 5. The number of aromatic nitrogens is 1. The van der Waals surface area contributed by atoms with Gasteiger partial charge in [0, 0.05) is 16.8 Å². The third-order valence-corrected chi connectivity index (χ3v) is 4.80. The van der Waals surface area contributed by atoms with Crippen molar-refractivity contribution >= 4 is 28.7 Å². The van der Waals surface area contributed by atoms with Gasteiger partial charge >= 0.3 is 5.97 Å². The molecule has 0 aliphatic carbocycles. The van der Waals surface area contributed by atoms with Gasteiger partial charge in [0.25, 0.3) is 5.91 Å². The van der Waals surface area contributed by atoms with E-state index >= 15 is 0 Å². The number of aryl methyl sites for hydroxylation is 1. The molecule has 0 saturated heterocycles. The topological polar surface area (TPSA) is 98.1 Å². The van der Waals surface area contributed by atoms with Crippen LogP contribution in [-0.2, 0) is 14.3 Å². The standard InChI is InChI=1S/C23H21N3O3/c1-14-11-18(12-19(13-24)23(28)29-16(3)22(25)27)15(2)26(14)21-10-6-8-17-7-4-5-9-20(17)21/h4-12,16H,1-3H3,(H2,25,27)/b19-12-. The molecule has 1 amide bonds. The Morgan fingerprint density at radius 3 is 2.55 bits per heavy atom. The molecule has 0 aliphatic heterocycles. The van der Waals surface area contributed by atoms with Crippen LogP contribution in [0.2, 0.25) is 0 Å². The van der Waals surface area contributed by atoms with Crippen LogP contribution in [0.4, 0.5) is 0 Å². The van der Waals surface area contributed by atoms with E-state index in [4.69, 9.17) is 10.5 Å². The highest BCUT2D eigenvalue weighted by Gasteiger charge is 2.19. The van der Waals surface area contributed by atoms with Gasteiger partial charge in [-0.15, -0.1) is 0 Å². The third kappa shape index (κ3) is 3.90. The fourth-order valence-corrected chi connectivity index (χ4v) is 3.28. The lowest BCUT2D eigenvalue weighted by atomic mass is 10.1. The van der Waals surface area contributed by atoms with Crippen molar-refractivity contribution in [1.82, 2.24) is 4.57 Å². The zero-order chi connectivity index (χ0) is 21.1. The molecule has 0 aliphatic rings. The Morgan fingerprint density at radius 2 is 1.86 bits per heavy atom. The number of ether oxygens (including phenoxy) is 1. The molecule has 1 heterocycles. The summed E-state index contributed by atoms with van der Waals surface area (Å²) >= 11 is 0. The molecule has 2 N–H and O–H groups in total. The molecule has 0 bridgehead atoms. The summed E-state index contributed by atoms with van der Waals surface area (Å²) in [6, 6.07) is 17.9. The lowest BCUT2D eigenvalue weighted by Crippen LogP contribution is -2.30. The van der Waals surface area contributed by atoms with Crippen molar-refractivity contribution in [2.45, 2.75) is 26.9 Å². The van der Waals surface area contributed by atoms with E-state index in [1.54, 1.807) is 0 Å². The largest absolute Gasteiger partial charge is 0.448 e. The molecule has 3 aromatic rings. The number of esters is 1. The van der Waals surface area contributed by atoms with Crippen molar-refractivity contribution < 1.29 is 14.3 Å². The summed E-state index contributed by atoms with van der Waals surface area (Å²) in [7, 11) is 0. The first-order valence-electron chi connectivity index (χ1n) is 9.12. The summed E-state index contributed by atoms with van der Waals surface area (Å²) < 4.78 is 7.03. The summed E-state index contributed by atoms with van der Waals surface area (Å²) in [5.41, 5.74) is 8.49. The molecule has 1 aromatic heterocycles. The molecule has 146 valence electrons. The fraction of sp³-hybridized carbons (Fsp3) is 0.174. The van der Waals surface area contributed by atoms with E-state index in [0.29, 0.717) is 0 Å². The summed E-state index contributed by atoms with van der Waals surface area (Å²) in [6.07, 6.45) is 0.363. The van der Waals surface area contributed by atoms with Crippen LogP contribution in [0.25, 0.3) is 22.5 Å². The molecular weight excluding hydrogens is 366 g/mol. The molecule has 0 saturated carbocycles. The molecule has 1 atom stereocenters. The molecule has 0 radical (unpaired) electrons. The van der Waals surface area contributed by atoms with Crippen LogP contribution >= 0.6 is 0 Å². The monoisotopic (exact) mass is 387 g/mol. The summed E-state index contributed by atoms with van der Waals surface area (Å²) in [6.45, 7) is 5.25. The minimum absolute atomic E-state index is 0.198. The molecular formula is C23H21N3O3. The van der Waals surface area contributed by atoms with E-state index in [0.717, 1.165) is 33.4 Å². The maximum atomic E-state index is 12.2. The van der Waals surface area contributed by atoms with E-state index in [9.17, 15) is 14.9 Å². The van der Waals surface area contributed by atoms with Gasteiger partial charge in [0.15, 0.2) is 6.10 Å². The van der Waals surface area contributed by atoms with Gasteiger partial charge in [-0.05, 0) is 49.9 Å². The van der Waals surface area contributed by atoms with Gasteiger partial charge in [-0.2, -0.15) is 5.26 Å². The number of fused-ring (bicyclic) bond motifs is 1. The first-order chi connectivity index (χ1) is 13.8. The number of amides is 1. The molecule has 3 rings (SSSR count). The number of nitrogens with zero attached hydrogens (tertiary/aromatic N) is 2. The quantitative estimate of drug-likeness (QED) is 0.411. The van der Waals surface area contributed by atoms with Crippen LogP contribution in [0.3, 0.4) is 0 Å². The third-order valence-electron chi connectivity index (χ3n) is 4.80. The Hall–Kier alpha value is -3.85. The highest BCUT2D eigenvalue weighted by Crippen LogP contribution is 2.28. The minimum atomic E-state index is -1.11. The smallest absolute Gasteiger partial charge is 0.349 e. The lowest BCUT2D eigenvalue weighted by Gasteiger charge is -2.13. The number of carbonyl (C=O) groups is 2. The van der Waals surface area contributed by atoms with E-state index in [2.05, 4.69) is 22.8 Å². The van der Waals surface area contributed by atoms with Crippen molar-refractivity contribution in [3.8, 4) is 11.8 Å². The maximum Gasteiger partial charge on any atom is 0.349 e. The normalized spacial score (nSPS) is 12.4. The molecule has 1 unspecified atom stereocenters. The molecule has 29 heavy (non-hydrogen) atoms. The zero-order valence-electron chi connectivity index (χ0n) is 16.5. The Labute approximate surface area is 168 Å². The van der Waals surface area contributed by atoms with E-state index < -0.39 is 18.0 Å². The Morgan fingerprint density at radius 1 is 1.17 bits per heavy atom. The predicted octanol–water partition coefficient (Wildman–Crippen LogP) is 3.57. The number of hydrogen-bond donors (Lipinski definition) is 1. The highest BCUT2D eigenvalue weighted by molar-refractivity contribution is 5.99. The van der Waals surface area contributed by atoms with Gasteiger partial charge < -0.3 is 15.0 Å². The zero-order valence-corrected chi connectivity index (χ0v) is 16.5. The fourth-order valence-electron chi connectivity index (χ4n) is 3.28. The van der Waals surface area contributed by atoms with Crippen molar-refractivity contribution in [2.24, 2.45) is 5.73 Å². The molecule has 6 nitrogen and oxygen atoms in total. The number of hydrogen-bond acceptors (Lipinski definition) is 4. The van der Waals surface area contributed by atoms with Crippen molar-refractivity contribution in [3.05, 3.63) is 71.1 Å². The molecule has 6 heteroatoms. The van der Waals surface area contributed by atoms with Crippen LogP contribution in [-0.4, -0.2) is 22.5 Å². The second-order valence-electron chi connectivity index (χ2n) is 6.78. The highest BCUT2D eigenvalue weighted by atomic mass is 16.5. The summed E-state index contributed by atoms with van der Waals surface area (Å²) in [5.74, 6) is -1.65. The second-order valence-corrected chi connectivity index (χ2v) is 6.78.